The van der Waals surface area contributed by atoms with Crippen LogP contribution < -0.4 is 0 Å². The summed E-state index contributed by atoms with van der Waals surface area (Å²) in [6.07, 6.45) is 9.42. The van der Waals surface area contributed by atoms with Crippen LogP contribution >= 0.6 is 0 Å². The summed E-state index contributed by atoms with van der Waals surface area (Å²) in [5.74, 6) is 0.820. The van der Waals surface area contributed by atoms with E-state index < -0.39 is 0 Å². The van der Waals surface area contributed by atoms with E-state index in [4.69, 9.17) is 0 Å². The van der Waals surface area contributed by atoms with Crippen LogP contribution in [0.3, 0.4) is 0 Å². The third kappa shape index (κ3) is 2.65. The van der Waals surface area contributed by atoms with Crippen molar-refractivity contribution in [3.63, 3.8) is 0 Å². The van der Waals surface area contributed by atoms with Crippen molar-refractivity contribution in [2.75, 3.05) is 0 Å². The Labute approximate surface area is 175 Å². The van der Waals surface area contributed by atoms with Gasteiger partial charge < -0.3 is 0 Å². The maximum atomic E-state index is 2.42. The van der Waals surface area contributed by atoms with Crippen LogP contribution in [-0.4, -0.2) is 0 Å². The second kappa shape index (κ2) is 6.33. The van der Waals surface area contributed by atoms with Crippen LogP contribution in [0.25, 0.3) is 0 Å². The number of fused-ring (bicyclic) bond motifs is 1. The van der Waals surface area contributed by atoms with E-state index >= 15 is 0 Å². The van der Waals surface area contributed by atoms with Gasteiger partial charge in [-0.25, -0.2) is 0 Å². The van der Waals surface area contributed by atoms with Gasteiger partial charge in [0.2, 0.25) is 0 Å². The predicted molar refractivity (Wildman–Crippen MR) is 120 cm³/mol. The highest BCUT2D eigenvalue weighted by Crippen LogP contribution is 2.67. The average Bonchev–Trinajstić information content (AvgIpc) is 2.97. The molecular weight excluding hydrogens is 348 g/mol. The lowest BCUT2D eigenvalue weighted by Gasteiger charge is -2.56. The summed E-state index contributed by atoms with van der Waals surface area (Å²) >= 11 is 0. The normalized spacial score (nSPS) is 35.4. The largest absolute Gasteiger partial charge is 0.0622 e. The van der Waals surface area contributed by atoms with Gasteiger partial charge in [0.15, 0.2) is 0 Å². The summed E-state index contributed by atoms with van der Waals surface area (Å²) in [6, 6.07) is 34.6. The lowest BCUT2D eigenvalue weighted by atomic mass is 9.48. The Morgan fingerprint density at radius 2 is 0.793 bits per heavy atom. The molecule has 0 heteroatoms. The lowest BCUT2D eigenvalue weighted by molar-refractivity contribution is 0.0654. The fourth-order valence-corrected chi connectivity index (χ4v) is 7.81. The van der Waals surface area contributed by atoms with E-state index in [0.717, 1.165) is 5.92 Å². The molecule has 0 N–H and O–H groups in total. The van der Waals surface area contributed by atoms with Crippen molar-refractivity contribution >= 4 is 0 Å². The highest BCUT2D eigenvalue weighted by atomic mass is 14.6. The van der Waals surface area contributed by atoms with Crippen LogP contribution in [0.5, 0.6) is 0 Å². The summed E-state index contributed by atoms with van der Waals surface area (Å²) in [6.45, 7) is 0. The van der Waals surface area contributed by atoms with Crippen molar-refractivity contribution in [2.24, 2.45) is 5.92 Å². The van der Waals surface area contributed by atoms with Crippen molar-refractivity contribution in [2.45, 2.75) is 61.2 Å². The molecule has 4 aliphatic carbocycles. The van der Waals surface area contributed by atoms with Gasteiger partial charge in [-0.15, -0.1) is 0 Å². The maximum absolute atomic E-state index is 2.42. The standard InChI is InChI=1S/C29H30/c1-4-10-24(11-5-1)27-16-17-28(25-12-6-2-7-13-25)19-23(18-27)20-29(21-27,22-28)26-14-8-3-9-15-26/h1-15,23H,16-22H2. The molecule has 3 aromatic carbocycles. The van der Waals surface area contributed by atoms with Crippen LogP contribution in [0, 0.1) is 5.92 Å². The van der Waals surface area contributed by atoms with Gasteiger partial charge in [0.1, 0.15) is 0 Å². The first-order valence-corrected chi connectivity index (χ1v) is 11.4. The molecule has 0 spiro atoms. The van der Waals surface area contributed by atoms with Gasteiger partial charge in [-0.3, -0.25) is 0 Å². The Balaban J connectivity index is 1.55. The zero-order valence-corrected chi connectivity index (χ0v) is 17.2. The Morgan fingerprint density at radius 1 is 0.448 bits per heavy atom. The molecule has 7 rings (SSSR count). The van der Waals surface area contributed by atoms with Gasteiger partial charge in [0, 0.05) is 0 Å². The van der Waals surface area contributed by atoms with Gasteiger partial charge in [-0.05, 0) is 83.8 Å². The molecule has 2 atom stereocenters. The van der Waals surface area contributed by atoms with E-state index in [2.05, 4.69) is 91.0 Å². The molecular formula is C29H30. The van der Waals surface area contributed by atoms with Crippen molar-refractivity contribution in [3.05, 3.63) is 108 Å². The van der Waals surface area contributed by atoms with Crippen LogP contribution in [0.4, 0.5) is 0 Å². The zero-order valence-electron chi connectivity index (χ0n) is 17.2. The summed E-state index contributed by atoms with van der Waals surface area (Å²) in [7, 11) is 0. The third-order valence-corrected chi connectivity index (χ3v) is 8.63. The summed E-state index contributed by atoms with van der Waals surface area (Å²) in [4.78, 5) is 0. The summed E-state index contributed by atoms with van der Waals surface area (Å²) in [5.41, 5.74) is 5.77. The molecule has 0 radical (unpaired) electrons. The van der Waals surface area contributed by atoms with Crippen LogP contribution in [0.15, 0.2) is 91.0 Å². The first kappa shape index (κ1) is 17.5. The van der Waals surface area contributed by atoms with E-state index in [1.807, 2.05) is 0 Å². The van der Waals surface area contributed by atoms with Crippen LogP contribution in [0.1, 0.15) is 61.6 Å². The van der Waals surface area contributed by atoms with E-state index in [1.165, 1.54) is 44.9 Å². The predicted octanol–water partition coefficient (Wildman–Crippen LogP) is 7.19. The fraction of sp³-hybridized carbons (Fsp3) is 0.379. The molecule has 29 heavy (non-hydrogen) atoms. The number of hydrogen-bond acceptors (Lipinski definition) is 0. The smallest absolute Gasteiger partial charge is 0.00274 e. The van der Waals surface area contributed by atoms with Crippen molar-refractivity contribution in [3.8, 4) is 0 Å². The molecule has 0 saturated heterocycles. The van der Waals surface area contributed by atoms with E-state index in [0.29, 0.717) is 16.2 Å². The minimum absolute atomic E-state index is 0.310. The van der Waals surface area contributed by atoms with Crippen LogP contribution in [-0.2, 0) is 16.2 Å². The monoisotopic (exact) mass is 378 g/mol. The van der Waals surface area contributed by atoms with Gasteiger partial charge in [0.05, 0.1) is 0 Å². The second-order valence-corrected chi connectivity index (χ2v) is 10.3. The van der Waals surface area contributed by atoms with Crippen LogP contribution in [0.2, 0.25) is 0 Å². The lowest BCUT2D eigenvalue weighted by Crippen LogP contribution is -2.50. The minimum atomic E-state index is 0.310. The molecule has 0 nitrogen and oxygen atoms in total. The fourth-order valence-electron chi connectivity index (χ4n) is 7.81. The van der Waals surface area contributed by atoms with Gasteiger partial charge in [-0.1, -0.05) is 91.0 Å². The molecule has 2 unspecified atom stereocenters. The van der Waals surface area contributed by atoms with Crippen molar-refractivity contribution in [1.82, 2.24) is 0 Å². The van der Waals surface area contributed by atoms with Gasteiger partial charge in [0.25, 0.3) is 0 Å². The topological polar surface area (TPSA) is 0 Å². The molecule has 0 amide bonds. The zero-order chi connectivity index (χ0) is 19.4. The van der Waals surface area contributed by atoms with Crippen molar-refractivity contribution < 1.29 is 0 Å². The molecule has 4 saturated carbocycles. The molecule has 4 aliphatic rings. The molecule has 0 heterocycles. The Kier molecular flexibility index (Phi) is 3.82. The van der Waals surface area contributed by atoms with Gasteiger partial charge in [-0.2, -0.15) is 0 Å². The summed E-state index contributed by atoms with van der Waals surface area (Å²) < 4.78 is 0. The molecule has 4 fully saturated rings. The third-order valence-electron chi connectivity index (χ3n) is 8.63. The summed E-state index contributed by atoms with van der Waals surface area (Å²) in [5, 5.41) is 0. The van der Waals surface area contributed by atoms with Crippen molar-refractivity contribution in [1.29, 1.82) is 0 Å². The molecule has 3 aromatic rings. The molecule has 4 bridgehead atoms. The SMILES string of the molecule is c1ccc(C23CCC4(c5ccccc5)CC(C2)CC(c2ccccc2)(C3)C4)cc1. The number of benzene rings is 3. The minimum Gasteiger partial charge on any atom is -0.0622 e. The molecule has 0 aliphatic heterocycles. The number of hydrogen-bond donors (Lipinski definition) is 0. The second-order valence-electron chi connectivity index (χ2n) is 10.3. The Hall–Kier alpha value is -2.34. The van der Waals surface area contributed by atoms with Gasteiger partial charge >= 0.3 is 0 Å². The molecule has 146 valence electrons. The van der Waals surface area contributed by atoms with E-state index in [-0.39, 0.29) is 0 Å². The first-order chi connectivity index (χ1) is 14.2. The number of rotatable bonds is 3. The highest BCUT2D eigenvalue weighted by Gasteiger charge is 2.60. The van der Waals surface area contributed by atoms with E-state index in [1.54, 1.807) is 16.7 Å². The maximum Gasteiger partial charge on any atom is -0.00274 e. The van der Waals surface area contributed by atoms with E-state index in [9.17, 15) is 0 Å². The highest BCUT2D eigenvalue weighted by molar-refractivity contribution is 5.40. The average molecular weight is 379 g/mol. The Bertz CT molecular complexity index is 930. The Morgan fingerprint density at radius 3 is 1.21 bits per heavy atom. The first-order valence-electron chi connectivity index (χ1n) is 11.4. The molecule has 0 aromatic heterocycles. The quantitative estimate of drug-likeness (QED) is 0.452.